The van der Waals surface area contributed by atoms with Crippen LogP contribution in [0.25, 0.3) is 0 Å². The van der Waals surface area contributed by atoms with E-state index in [2.05, 4.69) is 21.2 Å². The summed E-state index contributed by atoms with van der Waals surface area (Å²) in [7, 11) is -0.847. The number of benzene rings is 2. The number of halogens is 1. The molecule has 0 aromatic heterocycles. The first-order valence-electron chi connectivity index (χ1n) is 6.79. The first kappa shape index (κ1) is 18.1. The highest BCUT2D eigenvalue weighted by Gasteiger charge is 2.22. The van der Waals surface area contributed by atoms with Crippen molar-refractivity contribution in [1.29, 1.82) is 5.26 Å². The highest BCUT2D eigenvalue weighted by atomic mass is 79.9. The first-order valence-corrected chi connectivity index (χ1v) is 9.02. The van der Waals surface area contributed by atoms with Gasteiger partial charge in [-0.2, -0.15) is 5.26 Å². The Morgan fingerprint density at radius 3 is 2.54 bits per heavy atom. The van der Waals surface area contributed by atoms with Crippen molar-refractivity contribution in [2.75, 3.05) is 19.4 Å². The van der Waals surface area contributed by atoms with Gasteiger partial charge < -0.3 is 5.32 Å². The van der Waals surface area contributed by atoms with Gasteiger partial charge in [0.2, 0.25) is 10.0 Å². The van der Waals surface area contributed by atoms with Gasteiger partial charge in [-0.15, -0.1) is 0 Å². The summed E-state index contributed by atoms with van der Waals surface area (Å²) in [5.74, 6) is -0.465. The van der Waals surface area contributed by atoms with Crippen LogP contribution >= 0.6 is 15.9 Å². The van der Waals surface area contributed by atoms with E-state index in [1.54, 1.807) is 18.2 Å². The number of nitrogens with one attached hydrogen (secondary N) is 1. The van der Waals surface area contributed by atoms with Crippen molar-refractivity contribution in [1.82, 2.24) is 4.31 Å². The van der Waals surface area contributed by atoms with E-state index >= 15 is 0 Å². The molecule has 0 atom stereocenters. The molecule has 0 fully saturated rings. The molecule has 0 saturated carbocycles. The summed E-state index contributed by atoms with van der Waals surface area (Å²) in [4.78, 5) is 12.4. The van der Waals surface area contributed by atoms with Crippen LogP contribution in [0.1, 0.15) is 15.9 Å². The topological polar surface area (TPSA) is 90.3 Å². The Kier molecular flexibility index (Phi) is 5.39. The molecule has 0 saturated heterocycles. The van der Waals surface area contributed by atoms with Gasteiger partial charge in [0.15, 0.2) is 0 Å². The van der Waals surface area contributed by atoms with E-state index in [9.17, 15) is 13.2 Å². The number of nitriles is 1. The summed E-state index contributed by atoms with van der Waals surface area (Å²) in [6.45, 7) is 0. The van der Waals surface area contributed by atoms with Crippen molar-refractivity contribution in [3.63, 3.8) is 0 Å². The van der Waals surface area contributed by atoms with Gasteiger partial charge in [0.1, 0.15) is 0 Å². The standard InChI is InChI=1S/C16H14BrN3O3S/c1-20(2)24(22,23)15-9-12(6-7-14(15)17)16(21)19-13-5-3-4-11(8-13)10-18/h3-9H,1-2H3,(H,19,21). The smallest absolute Gasteiger partial charge is 0.255 e. The largest absolute Gasteiger partial charge is 0.322 e. The zero-order valence-electron chi connectivity index (χ0n) is 12.9. The highest BCUT2D eigenvalue weighted by molar-refractivity contribution is 9.10. The summed E-state index contributed by atoms with van der Waals surface area (Å²) >= 11 is 3.20. The quantitative estimate of drug-likeness (QED) is 0.843. The number of nitrogens with zero attached hydrogens (tertiary/aromatic N) is 2. The Morgan fingerprint density at radius 1 is 1.21 bits per heavy atom. The molecule has 0 heterocycles. The van der Waals surface area contributed by atoms with Gasteiger partial charge in [-0.3, -0.25) is 4.79 Å². The van der Waals surface area contributed by atoms with Crippen molar-refractivity contribution >= 4 is 37.5 Å². The fourth-order valence-corrected chi connectivity index (χ4v) is 3.75. The van der Waals surface area contributed by atoms with Crippen LogP contribution in [0.2, 0.25) is 0 Å². The van der Waals surface area contributed by atoms with Crippen molar-refractivity contribution in [2.45, 2.75) is 4.90 Å². The predicted octanol–water partition coefficient (Wildman–Crippen LogP) is 2.82. The second-order valence-corrected chi connectivity index (χ2v) is 8.05. The molecule has 1 amide bonds. The molecule has 0 aliphatic carbocycles. The number of sulfonamides is 1. The maximum Gasteiger partial charge on any atom is 0.255 e. The van der Waals surface area contributed by atoms with E-state index in [0.29, 0.717) is 15.7 Å². The number of anilines is 1. The SMILES string of the molecule is CN(C)S(=O)(=O)c1cc(C(=O)Nc2cccc(C#N)c2)ccc1Br. The summed E-state index contributed by atoms with van der Waals surface area (Å²) in [6.07, 6.45) is 0. The lowest BCUT2D eigenvalue weighted by atomic mass is 10.2. The van der Waals surface area contributed by atoms with Gasteiger partial charge in [0.05, 0.1) is 16.5 Å². The van der Waals surface area contributed by atoms with Gasteiger partial charge in [0, 0.05) is 29.8 Å². The normalized spacial score (nSPS) is 11.1. The van der Waals surface area contributed by atoms with Gasteiger partial charge in [-0.05, 0) is 52.3 Å². The number of amides is 1. The van der Waals surface area contributed by atoms with Gasteiger partial charge in [0.25, 0.3) is 5.91 Å². The molecule has 0 radical (unpaired) electrons. The number of hydrogen-bond donors (Lipinski definition) is 1. The molecule has 6 nitrogen and oxygen atoms in total. The van der Waals surface area contributed by atoms with Crippen LogP contribution in [0.4, 0.5) is 5.69 Å². The molecule has 2 aromatic carbocycles. The molecule has 1 N–H and O–H groups in total. The number of hydrogen-bond acceptors (Lipinski definition) is 4. The lowest BCUT2D eigenvalue weighted by Crippen LogP contribution is -2.23. The van der Waals surface area contributed by atoms with Crippen LogP contribution in [0.3, 0.4) is 0 Å². The van der Waals surface area contributed by atoms with Crippen LogP contribution in [0.5, 0.6) is 0 Å². The van der Waals surface area contributed by atoms with E-state index in [1.807, 2.05) is 6.07 Å². The van der Waals surface area contributed by atoms with Gasteiger partial charge in [-0.1, -0.05) is 6.07 Å². The molecule has 0 aliphatic heterocycles. The third-order valence-corrected chi connectivity index (χ3v) is 6.01. The summed E-state index contributed by atoms with van der Waals surface area (Å²) in [5, 5.41) is 11.5. The third kappa shape index (κ3) is 3.82. The first-order chi connectivity index (χ1) is 11.3. The van der Waals surface area contributed by atoms with Crippen molar-refractivity contribution in [2.24, 2.45) is 0 Å². The molecular formula is C16H14BrN3O3S. The summed E-state index contributed by atoms with van der Waals surface area (Å²) in [5.41, 5.74) is 1.07. The van der Waals surface area contributed by atoms with Crippen molar-refractivity contribution in [3.8, 4) is 6.07 Å². The summed E-state index contributed by atoms with van der Waals surface area (Å²) < 4.78 is 26.0. The third-order valence-electron chi connectivity index (χ3n) is 3.20. The fraction of sp³-hybridized carbons (Fsp3) is 0.125. The average molecular weight is 408 g/mol. The second-order valence-electron chi connectivity index (χ2n) is 5.08. The zero-order valence-corrected chi connectivity index (χ0v) is 15.3. The number of carbonyl (C=O) groups excluding carboxylic acids is 1. The van der Waals surface area contributed by atoms with Gasteiger partial charge in [-0.25, -0.2) is 12.7 Å². The molecule has 124 valence electrons. The molecule has 0 aliphatic rings. The zero-order chi connectivity index (χ0) is 17.9. The Hall–Kier alpha value is -2.21. The monoisotopic (exact) mass is 407 g/mol. The van der Waals surface area contributed by atoms with Crippen LogP contribution in [0.15, 0.2) is 51.8 Å². The minimum absolute atomic E-state index is 0.00549. The van der Waals surface area contributed by atoms with E-state index < -0.39 is 15.9 Å². The van der Waals surface area contributed by atoms with Crippen LogP contribution in [0, 0.1) is 11.3 Å². The molecule has 2 rings (SSSR count). The maximum atomic E-state index is 12.4. The predicted molar refractivity (Wildman–Crippen MR) is 94.1 cm³/mol. The molecule has 0 bridgehead atoms. The van der Waals surface area contributed by atoms with Gasteiger partial charge >= 0.3 is 0 Å². The molecule has 0 spiro atoms. The van der Waals surface area contributed by atoms with Crippen LogP contribution in [-0.2, 0) is 10.0 Å². The molecule has 24 heavy (non-hydrogen) atoms. The average Bonchev–Trinajstić information content (AvgIpc) is 2.55. The number of carbonyl (C=O) groups is 1. The van der Waals surface area contributed by atoms with Crippen LogP contribution < -0.4 is 5.32 Å². The lowest BCUT2D eigenvalue weighted by molar-refractivity contribution is 0.102. The molecule has 0 unspecified atom stereocenters. The fourth-order valence-electron chi connectivity index (χ4n) is 1.91. The van der Waals surface area contributed by atoms with Crippen molar-refractivity contribution < 1.29 is 13.2 Å². The van der Waals surface area contributed by atoms with E-state index in [4.69, 9.17) is 5.26 Å². The minimum Gasteiger partial charge on any atom is -0.322 e. The second kappa shape index (κ2) is 7.13. The highest BCUT2D eigenvalue weighted by Crippen LogP contribution is 2.25. The van der Waals surface area contributed by atoms with E-state index in [-0.39, 0.29) is 10.5 Å². The Bertz CT molecular complexity index is 934. The maximum absolute atomic E-state index is 12.4. The minimum atomic E-state index is -3.68. The Labute approximate surface area is 148 Å². The van der Waals surface area contributed by atoms with E-state index in [1.165, 1.54) is 38.4 Å². The molecule has 8 heteroatoms. The van der Waals surface area contributed by atoms with Crippen molar-refractivity contribution in [3.05, 3.63) is 58.1 Å². The number of rotatable bonds is 4. The van der Waals surface area contributed by atoms with E-state index in [0.717, 1.165) is 4.31 Å². The molecular weight excluding hydrogens is 394 g/mol. The van der Waals surface area contributed by atoms with Crippen LogP contribution in [-0.4, -0.2) is 32.7 Å². The molecule has 2 aromatic rings. The Morgan fingerprint density at radius 2 is 1.92 bits per heavy atom. The summed E-state index contributed by atoms with van der Waals surface area (Å²) in [6, 6.07) is 12.8. The Balaban J connectivity index is 2.36. The lowest BCUT2D eigenvalue weighted by Gasteiger charge is -2.14.